The quantitative estimate of drug-likeness (QED) is 0.0491. The number of amides is 5. The Morgan fingerprint density at radius 3 is 2.19 bits per heavy atom. The van der Waals surface area contributed by atoms with Crippen LogP contribution >= 0.6 is 11.6 Å². The molecule has 6 N–H and O–H groups in total. The highest BCUT2D eigenvalue weighted by atomic mass is 35.5. The molecule has 15 nitrogen and oxygen atoms in total. The number of nitriles is 1. The van der Waals surface area contributed by atoms with Crippen molar-refractivity contribution in [3.8, 4) is 11.8 Å². The van der Waals surface area contributed by atoms with E-state index in [1.165, 1.54) is 12.5 Å². The van der Waals surface area contributed by atoms with E-state index in [4.69, 9.17) is 41.3 Å². The molecule has 4 saturated carbocycles. The number of halogens is 1. The number of benzene rings is 3. The molecular weight excluding hydrogens is 828 g/mol. The summed E-state index contributed by atoms with van der Waals surface area (Å²) in [6, 6.07) is 19.1. The van der Waals surface area contributed by atoms with Gasteiger partial charge in [0, 0.05) is 36.5 Å². The minimum atomic E-state index is -1.22. The number of carbonyl (C=O) groups excluding carboxylic acids is 4. The van der Waals surface area contributed by atoms with Gasteiger partial charge in [0.05, 0.1) is 11.1 Å². The van der Waals surface area contributed by atoms with E-state index in [0.717, 1.165) is 36.8 Å². The normalized spacial score (nSPS) is 25.1. The fourth-order valence-electron chi connectivity index (χ4n) is 10.1. The number of carbonyl (C=O) groups is 4. The highest BCUT2D eigenvalue weighted by Gasteiger charge is 2.77. The summed E-state index contributed by atoms with van der Waals surface area (Å²) >= 11 is 7.25. The number of nitrogens with two attached hydrogens (primary N) is 1. The number of nitrogens with zero attached hydrogens (tertiary/aromatic N) is 1. The Kier molecular flexibility index (Phi) is 14.3. The van der Waals surface area contributed by atoms with Crippen LogP contribution < -0.4 is 31.7 Å². The van der Waals surface area contributed by atoms with Gasteiger partial charge in [-0.2, -0.15) is 10.1 Å². The molecule has 4 bridgehead atoms. The van der Waals surface area contributed by atoms with Crippen molar-refractivity contribution in [3.63, 3.8) is 0 Å². The first-order chi connectivity index (χ1) is 30.4. The van der Waals surface area contributed by atoms with Gasteiger partial charge in [-0.25, -0.2) is 14.5 Å². The molecule has 334 valence electrons. The molecule has 0 aromatic heterocycles. The Labute approximate surface area is 372 Å². The molecule has 5 aliphatic rings. The van der Waals surface area contributed by atoms with E-state index in [-0.39, 0.29) is 43.9 Å². The summed E-state index contributed by atoms with van der Waals surface area (Å²) in [4.78, 5) is 63.4. The Morgan fingerprint density at radius 1 is 0.905 bits per heavy atom. The van der Waals surface area contributed by atoms with Crippen LogP contribution in [-0.4, -0.2) is 55.3 Å². The van der Waals surface area contributed by atoms with Crippen molar-refractivity contribution in [2.24, 2.45) is 35.3 Å². The zero-order chi connectivity index (χ0) is 44.7. The summed E-state index contributed by atoms with van der Waals surface area (Å²) in [5, 5.41) is 20.4. The third-order valence-electron chi connectivity index (χ3n) is 12.9. The summed E-state index contributed by atoms with van der Waals surface area (Å²) in [6.07, 6.45) is 8.22. The fourth-order valence-corrected chi connectivity index (χ4v) is 10.5. The van der Waals surface area contributed by atoms with E-state index < -0.39 is 47.4 Å². The highest BCUT2D eigenvalue weighted by Crippen LogP contribution is 2.70. The van der Waals surface area contributed by atoms with Gasteiger partial charge in [0.2, 0.25) is 11.8 Å². The number of urea groups is 1. The topological polar surface area (TPSA) is 212 Å². The zero-order valence-corrected chi connectivity index (χ0v) is 36.5. The standard InChI is InChI=1S/C47H55ClN6O9/c1-28(2)40(54-45(58)61-27-29-9-5-4-6-10-29)43(56)53-38(12-8-20-51-44(50)57)42(55)52-36-16-13-30(14-17-36)26-60-41-33(11-7-19-49)15-18-37(39(41)48)47(59-3)46(62-63-47)34-22-31-21-32(24-34)25-35(46)23-31/h4-7,9-11,13-18,28,31-32,34-35,38,40H,8,12,20-27H2,1-3H3,(H,52,55)(H,53,56)(H,54,58)(H3,50,51,57)/b11-7+. The van der Waals surface area contributed by atoms with E-state index in [9.17, 15) is 24.4 Å². The molecule has 16 heteroatoms. The van der Waals surface area contributed by atoms with Crippen molar-refractivity contribution in [1.29, 1.82) is 5.26 Å². The molecule has 5 amide bonds. The van der Waals surface area contributed by atoms with Crippen LogP contribution in [-0.2, 0) is 47.8 Å². The summed E-state index contributed by atoms with van der Waals surface area (Å²) in [5.41, 5.74) is 7.75. The van der Waals surface area contributed by atoms with Crippen LogP contribution in [0.5, 0.6) is 5.75 Å². The summed E-state index contributed by atoms with van der Waals surface area (Å²) in [7, 11) is 1.62. The van der Waals surface area contributed by atoms with E-state index in [1.807, 2.05) is 48.5 Å². The number of nitrogens with one attached hydrogen (secondary N) is 4. The Morgan fingerprint density at radius 2 is 1.59 bits per heavy atom. The number of rotatable bonds is 18. The monoisotopic (exact) mass is 882 g/mol. The van der Waals surface area contributed by atoms with Gasteiger partial charge in [-0.3, -0.25) is 9.59 Å². The predicted octanol–water partition coefficient (Wildman–Crippen LogP) is 7.23. The van der Waals surface area contributed by atoms with Crippen molar-refractivity contribution in [3.05, 3.63) is 100 Å². The molecule has 1 aliphatic heterocycles. The SMILES string of the molecule is COC1(c2ccc(/C=C/C#N)c(OCc3ccc(NC(=O)C(CCCNC(N)=O)NC(=O)C(NC(=O)OCc4ccccc4)C(C)C)cc3)c2Cl)OOC12C1CC3CC(C1)CC2C3. The summed E-state index contributed by atoms with van der Waals surface area (Å²) in [6.45, 7) is 3.81. The number of hydrogen-bond donors (Lipinski definition) is 5. The van der Waals surface area contributed by atoms with Crippen LogP contribution in [0.25, 0.3) is 6.08 Å². The third-order valence-corrected chi connectivity index (χ3v) is 13.3. The lowest BCUT2D eigenvalue weighted by Gasteiger charge is -2.68. The van der Waals surface area contributed by atoms with Gasteiger partial charge in [-0.15, -0.1) is 0 Å². The first-order valence-corrected chi connectivity index (χ1v) is 21.9. The predicted molar refractivity (Wildman–Crippen MR) is 233 cm³/mol. The smallest absolute Gasteiger partial charge is 0.408 e. The number of ether oxygens (including phenoxy) is 3. The van der Waals surface area contributed by atoms with Gasteiger partial charge >= 0.3 is 12.1 Å². The van der Waals surface area contributed by atoms with Crippen LogP contribution in [0.4, 0.5) is 15.3 Å². The first kappa shape index (κ1) is 45.4. The molecule has 3 atom stereocenters. The second-order valence-electron chi connectivity index (χ2n) is 17.3. The van der Waals surface area contributed by atoms with Gasteiger partial charge in [0.1, 0.15) is 31.0 Å². The van der Waals surface area contributed by atoms with Crippen LogP contribution in [0.1, 0.15) is 81.0 Å². The van der Waals surface area contributed by atoms with Crippen molar-refractivity contribution in [2.45, 2.75) is 95.5 Å². The number of alkyl carbamates (subject to hydrolysis) is 1. The zero-order valence-electron chi connectivity index (χ0n) is 35.7. The lowest BCUT2D eigenvalue weighted by Crippen LogP contribution is -2.76. The van der Waals surface area contributed by atoms with Crippen molar-refractivity contribution < 1.29 is 43.2 Å². The van der Waals surface area contributed by atoms with Gasteiger partial charge in [-0.1, -0.05) is 80.0 Å². The van der Waals surface area contributed by atoms with Crippen molar-refractivity contribution in [2.75, 3.05) is 19.0 Å². The third kappa shape index (κ3) is 9.64. The van der Waals surface area contributed by atoms with Crippen LogP contribution in [0.3, 0.4) is 0 Å². The average Bonchev–Trinajstić information content (AvgIpc) is 3.25. The molecule has 0 radical (unpaired) electrons. The lowest BCUT2D eigenvalue weighted by atomic mass is 9.47. The molecule has 5 fully saturated rings. The van der Waals surface area contributed by atoms with Gasteiger partial charge < -0.3 is 41.2 Å². The van der Waals surface area contributed by atoms with Crippen LogP contribution in [0, 0.1) is 40.9 Å². The largest absolute Gasteiger partial charge is 0.487 e. The minimum absolute atomic E-state index is 0.0195. The molecule has 8 rings (SSSR count). The summed E-state index contributed by atoms with van der Waals surface area (Å²) in [5.74, 6) is -0.363. The molecule has 1 spiro atoms. The molecule has 3 aromatic rings. The lowest BCUT2D eigenvalue weighted by molar-refractivity contribution is -0.645. The Hall–Kier alpha value is -5.66. The average molecular weight is 883 g/mol. The molecule has 63 heavy (non-hydrogen) atoms. The number of anilines is 1. The Balaban J connectivity index is 1.02. The maximum atomic E-state index is 13.7. The number of allylic oxidation sites excluding steroid dienone is 1. The van der Waals surface area contributed by atoms with Gasteiger partial charge in [0.15, 0.2) is 5.60 Å². The van der Waals surface area contributed by atoms with Crippen molar-refractivity contribution in [1.82, 2.24) is 16.0 Å². The summed E-state index contributed by atoms with van der Waals surface area (Å²) < 4.78 is 18.0. The molecule has 3 unspecified atom stereocenters. The number of methoxy groups -OCH3 is 1. The van der Waals surface area contributed by atoms with Crippen molar-refractivity contribution >= 4 is 47.3 Å². The molecule has 1 heterocycles. The van der Waals surface area contributed by atoms with Crippen LogP contribution in [0.15, 0.2) is 72.8 Å². The second-order valence-corrected chi connectivity index (χ2v) is 17.7. The van der Waals surface area contributed by atoms with Gasteiger partial charge in [-0.05, 0) is 104 Å². The highest BCUT2D eigenvalue weighted by molar-refractivity contribution is 6.33. The molecule has 1 saturated heterocycles. The first-order valence-electron chi connectivity index (χ1n) is 21.5. The minimum Gasteiger partial charge on any atom is -0.487 e. The maximum Gasteiger partial charge on any atom is 0.408 e. The van der Waals surface area contributed by atoms with Gasteiger partial charge in [0.25, 0.3) is 5.79 Å². The van der Waals surface area contributed by atoms with E-state index >= 15 is 0 Å². The Bertz CT molecular complexity index is 2180. The maximum absolute atomic E-state index is 13.7. The number of hydrogen-bond acceptors (Lipinski definition) is 10. The van der Waals surface area contributed by atoms with Crippen LogP contribution in [0.2, 0.25) is 5.02 Å². The van der Waals surface area contributed by atoms with E-state index in [2.05, 4.69) is 21.3 Å². The molecule has 4 aliphatic carbocycles. The molecule has 3 aromatic carbocycles. The molecular formula is C47H55ClN6O9. The van der Waals surface area contributed by atoms with E-state index in [0.29, 0.717) is 45.8 Å². The number of primary amides is 1. The van der Waals surface area contributed by atoms with E-state index in [1.54, 1.807) is 51.3 Å². The fraction of sp³-hybridized carbons (Fsp3) is 0.468. The second kappa shape index (κ2) is 19.8.